The molecule has 0 atom stereocenters. The summed E-state index contributed by atoms with van der Waals surface area (Å²) in [5.74, 6) is -0.539. The molecule has 0 aliphatic carbocycles. The average molecular weight is 417 g/mol. The number of hydrogen-bond donors (Lipinski definition) is 1. The summed E-state index contributed by atoms with van der Waals surface area (Å²) in [6.45, 7) is 2.45. The first-order chi connectivity index (χ1) is 13.6. The molecule has 144 valence electrons. The topological polar surface area (TPSA) is 78.7 Å². The van der Waals surface area contributed by atoms with Gasteiger partial charge >= 0.3 is 6.01 Å². The van der Waals surface area contributed by atoms with Crippen LogP contribution in [0.15, 0.2) is 52.5 Å². The minimum atomic E-state index is -0.316. The van der Waals surface area contributed by atoms with Gasteiger partial charge in [-0.25, -0.2) is 0 Å². The third-order valence-corrected chi connectivity index (χ3v) is 5.64. The lowest BCUT2D eigenvalue weighted by molar-refractivity contribution is 0.0740. The van der Waals surface area contributed by atoms with Crippen LogP contribution in [0, 0.1) is 0 Å². The molecule has 1 aliphatic heterocycles. The molecule has 2 aromatic heterocycles. The SMILES string of the molecule is O=C(Nc1nc(C(=O)N2CCN(c3ccccc3Cl)CC2)co1)c1cccs1. The second-order valence-electron chi connectivity index (χ2n) is 6.20. The lowest BCUT2D eigenvalue weighted by atomic mass is 10.2. The largest absolute Gasteiger partial charge is 0.431 e. The Morgan fingerprint density at radius 2 is 1.89 bits per heavy atom. The molecule has 0 spiro atoms. The number of carbonyl (C=O) groups is 2. The summed E-state index contributed by atoms with van der Waals surface area (Å²) >= 11 is 7.57. The van der Waals surface area contributed by atoms with Gasteiger partial charge in [0.05, 0.1) is 15.6 Å². The van der Waals surface area contributed by atoms with Crippen molar-refractivity contribution in [3.8, 4) is 0 Å². The number of thiophene rings is 1. The van der Waals surface area contributed by atoms with E-state index in [1.807, 2.05) is 29.6 Å². The van der Waals surface area contributed by atoms with Crippen LogP contribution in [0.25, 0.3) is 0 Å². The predicted octanol–water partition coefficient (Wildman–Crippen LogP) is 3.60. The quantitative estimate of drug-likeness (QED) is 0.703. The van der Waals surface area contributed by atoms with Gasteiger partial charge in [0.1, 0.15) is 6.26 Å². The van der Waals surface area contributed by atoms with Gasteiger partial charge in [0.25, 0.3) is 11.8 Å². The first-order valence-electron chi connectivity index (χ1n) is 8.71. The van der Waals surface area contributed by atoms with Gasteiger partial charge in [0.15, 0.2) is 5.69 Å². The second-order valence-corrected chi connectivity index (χ2v) is 7.55. The minimum Gasteiger partial charge on any atom is -0.431 e. The van der Waals surface area contributed by atoms with Gasteiger partial charge in [-0.15, -0.1) is 11.3 Å². The van der Waals surface area contributed by atoms with Gasteiger partial charge < -0.3 is 14.2 Å². The highest BCUT2D eigenvalue weighted by atomic mass is 35.5. The zero-order valence-corrected chi connectivity index (χ0v) is 16.4. The maximum atomic E-state index is 12.7. The fourth-order valence-corrected chi connectivity index (χ4v) is 3.89. The van der Waals surface area contributed by atoms with Gasteiger partial charge in [-0.2, -0.15) is 4.98 Å². The number of aromatic nitrogens is 1. The monoisotopic (exact) mass is 416 g/mol. The van der Waals surface area contributed by atoms with E-state index in [4.69, 9.17) is 16.0 Å². The van der Waals surface area contributed by atoms with Gasteiger partial charge in [-0.1, -0.05) is 29.8 Å². The Balaban J connectivity index is 1.36. The number of oxazole rings is 1. The molecule has 3 heterocycles. The summed E-state index contributed by atoms with van der Waals surface area (Å²) in [6.07, 6.45) is 1.27. The maximum Gasteiger partial charge on any atom is 0.302 e. The molecule has 1 aromatic carbocycles. The predicted molar refractivity (Wildman–Crippen MR) is 108 cm³/mol. The minimum absolute atomic E-state index is 0.0106. The van der Waals surface area contributed by atoms with Crippen molar-refractivity contribution < 1.29 is 14.0 Å². The van der Waals surface area contributed by atoms with Crippen molar-refractivity contribution in [1.29, 1.82) is 0 Å². The van der Waals surface area contributed by atoms with Crippen LogP contribution in [0.5, 0.6) is 0 Å². The van der Waals surface area contributed by atoms with Gasteiger partial charge in [-0.05, 0) is 23.6 Å². The normalized spacial score (nSPS) is 14.2. The van der Waals surface area contributed by atoms with E-state index < -0.39 is 0 Å². The van der Waals surface area contributed by atoms with Crippen LogP contribution in [-0.4, -0.2) is 47.9 Å². The number of piperazine rings is 1. The molecule has 4 rings (SSSR count). The van der Waals surface area contributed by atoms with Crippen LogP contribution in [0.2, 0.25) is 5.02 Å². The summed E-state index contributed by atoms with van der Waals surface area (Å²) < 4.78 is 5.24. The third-order valence-electron chi connectivity index (χ3n) is 4.45. The molecule has 1 saturated heterocycles. The van der Waals surface area contributed by atoms with Crippen LogP contribution in [-0.2, 0) is 0 Å². The molecular weight excluding hydrogens is 400 g/mol. The van der Waals surface area contributed by atoms with Crippen LogP contribution in [0.3, 0.4) is 0 Å². The van der Waals surface area contributed by atoms with E-state index >= 15 is 0 Å². The smallest absolute Gasteiger partial charge is 0.302 e. The standard InChI is InChI=1S/C19H17ClN4O3S/c20-13-4-1-2-5-15(13)23-7-9-24(10-8-23)18(26)14-12-27-19(21-14)22-17(25)16-6-3-11-28-16/h1-6,11-12H,7-10H2,(H,21,22,25). The Labute approximate surface area is 170 Å². The fourth-order valence-electron chi connectivity index (χ4n) is 3.02. The number of amides is 2. The molecule has 9 heteroatoms. The summed E-state index contributed by atoms with van der Waals surface area (Å²) in [7, 11) is 0. The number of anilines is 2. The van der Waals surface area contributed by atoms with Crippen molar-refractivity contribution in [3.05, 3.63) is 63.6 Å². The van der Waals surface area contributed by atoms with E-state index in [1.165, 1.54) is 17.6 Å². The number of halogens is 1. The van der Waals surface area contributed by atoms with E-state index in [0.29, 0.717) is 36.1 Å². The molecule has 7 nitrogen and oxygen atoms in total. The van der Waals surface area contributed by atoms with Crippen LogP contribution >= 0.6 is 22.9 Å². The summed E-state index contributed by atoms with van der Waals surface area (Å²) in [6, 6.07) is 11.2. The lowest BCUT2D eigenvalue weighted by Crippen LogP contribution is -2.49. The molecule has 2 amide bonds. The Morgan fingerprint density at radius 1 is 1.11 bits per heavy atom. The van der Waals surface area contributed by atoms with Gasteiger partial charge in [0.2, 0.25) is 0 Å². The van der Waals surface area contributed by atoms with Crippen LogP contribution < -0.4 is 10.2 Å². The molecule has 1 aliphatic rings. The zero-order chi connectivity index (χ0) is 19.5. The van der Waals surface area contributed by atoms with Crippen LogP contribution in [0.1, 0.15) is 20.2 Å². The number of nitrogens with zero attached hydrogens (tertiary/aromatic N) is 3. The summed E-state index contributed by atoms with van der Waals surface area (Å²) in [5, 5.41) is 5.06. The number of para-hydroxylation sites is 1. The van der Waals surface area contributed by atoms with Crippen LogP contribution in [0.4, 0.5) is 11.7 Å². The Kier molecular flexibility index (Phi) is 5.31. The van der Waals surface area contributed by atoms with Crippen molar-refractivity contribution in [2.75, 3.05) is 36.4 Å². The van der Waals surface area contributed by atoms with Gasteiger partial charge in [0, 0.05) is 26.2 Å². The average Bonchev–Trinajstić information content (AvgIpc) is 3.40. The lowest BCUT2D eigenvalue weighted by Gasteiger charge is -2.36. The first kappa shape index (κ1) is 18.5. The number of carbonyl (C=O) groups excluding carboxylic acids is 2. The number of hydrogen-bond acceptors (Lipinski definition) is 6. The van der Waals surface area contributed by atoms with Crippen molar-refractivity contribution in [3.63, 3.8) is 0 Å². The van der Waals surface area contributed by atoms with E-state index in [0.717, 1.165) is 5.69 Å². The Bertz CT molecular complexity index is 981. The first-order valence-corrected chi connectivity index (χ1v) is 9.97. The highest BCUT2D eigenvalue weighted by Crippen LogP contribution is 2.26. The third kappa shape index (κ3) is 3.88. The van der Waals surface area contributed by atoms with Crippen molar-refractivity contribution in [2.45, 2.75) is 0 Å². The van der Waals surface area contributed by atoms with E-state index in [-0.39, 0.29) is 23.5 Å². The maximum absolute atomic E-state index is 12.7. The van der Waals surface area contributed by atoms with E-state index in [9.17, 15) is 9.59 Å². The molecule has 0 radical (unpaired) electrons. The summed E-state index contributed by atoms with van der Waals surface area (Å²) in [5.41, 5.74) is 1.14. The molecule has 0 saturated carbocycles. The second kappa shape index (κ2) is 8.04. The molecule has 1 fully saturated rings. The molecule has 0 unspecified atom stereocenters. The molecule has 28 heavy (non-hydrogen) atoms. The highest BCUT2D eigenvalue weighted by Gasteiger charge is 2.25. The van der Waals surface area contributed by atoms with Crippen molar-refractivity contribution >= 4 is 46.5 Å². The van der Waals surface area contributed by atoms with Crippen molar-refractivity contribution in [1.82, 2.24) is 9.88 Å². The van der Waals surface area contributed by atoms with E-state index in [1.54, 1.807) is 17.0 Å². The number of nitrogens with one attached hydrogen (secondary N) is 1. The molecule has 3 aromatic rings. The molecule has 0 bridgehead atoms. The van der Waals surface area contributed by atoms with Gasteiger partial charge in [-0.3, -0.25) is 14.9 Å². The zero-order valence-electron chi connectivity index (χ0n) is 14.8. The number of rotatable bonds is 4. The Hall–Kier alpha value is -2.84. The molecular formula is C19H17ClN4O3S. The van der Waals surface area contributed by atoms with E-state index in [2.05, 4.69) is 15.2 Å². The highest BCUT2D eigenvalue weighted by molar-refractivity contribution is 7.12. The number of benzene rings is 1. The Morgan fingerprint density at radius 3 is 2.61 bits per heavy atom. The van der Waals surface area contributed by atoms with Crippen molar-refractivity contribution in [2.24, 2.45) is 0 Å². The fraction of sp³-hybridized carbons (Fsp3) is 0.211. The summed E-state index contributed by atoms with van der Waals surface area (Å²) in [4.78, 5) is 33.3. The molecule has 1 N–H and O–H groups in total.